The van der Waals surface area contributed by atoms with Crippen molar-refractivity contribution >= 4 is 29.5 Å². The van der Waals surface area contributed by atoms with Crippen molar-refractivity contribution in [1.82, 2.24) is 0 Å². The summed E-state index contributed by atoms with van der Waals surface area (Å²) in [5.41, 5.74) is -4.43. The van der Waals surface area contributed by atoms with Crippen molar-refractivity contribution in [2.75, 3.05) is 7.11 Å². The van der Waals surface area contributed by atoms with Gasteiger partial charge in [-0.05, 0) is 31.4 Å². The monoisotopic (exact) mass is 542 g/mol. The maximum atomic E-state index is 14.9. The Morgan fingerprint density at radius 3 is 2.44 bits per heavy atom. The van der Waals surface area contributed by atoms with Gasteiger partial charge in [-0.2, -0.15) is 0 Å². The van der Waals surface area contributed by atoms with Crippen molar-refractivity contribution in [2.24, 2.45) is 28.1 Å². The molecule has 10 nitrogen and oxygen atoms in total. The summed E-state index contributed by atoms with van der Waals surface area (Å²) in [5.74, 6) is -4.18. The molecular weight excluding hydrogens is 508 g/mol. The van der Waals surface area contributed by atoms with Crippen LogP contribution in [-0.4, -0.2) is 54.4 Å². The Kier molecular flexibility index (Phi) is 6.03. The van der Waals surface area contributed by atoms with E-state index in [4.69, 9.17) is 23.4 Å². The number of ether oxygens (including phenoxy) is 4. The van der Waals surface area contributed by atoms with Gasteiger partial charge in [-0.15, -0.1) is 0 Å². The van der Waals surface area contributed by atoms with Gasteiger partial charge in [0, 0.05) is 24.3 Å². The smallest absolute Gasteiger partial charge is 0.309 e. The second kappa shape index (κ2) is 8.61. The lowest BCUT2D eigenvalue weighted by Gasteiger charge is -2.58. The van der Waals surface area contributed by atoms with E-state index in [1.165, 1.54) is 26.6 Å². The predicted octanol–water partition coefficient (Wildman–Crippen LogP) is 3.28. The zero-order valence-electron chi connectivity index (χ0n) is 23.0. The van der Waals surface area contributed by atoms with Gasteiger partial charge in [-0.3, -0.25) is 24.0 Å². The van der Waals surface area contributed by atoms with Crippen LogP contribution in [0.4, 0.5) is 0 Å². The molecule has 2 saturated heterocycles. The molecular formula is C29H34O10. The first kappa shape index (κ1) is 27.3. The van der Waals surface area contributed by atoms with Gasteiger partial charge in [0.2, 0.25) is 0 Å². The van der Waals surface area contributed by atoms with Gasteiger partial charge in [0.05, 0.1) is 55.3 Å². The molecule has 3 heterocycles. The molecule has 8 atom stereocenters. The van der Waals surface area contributed by atoms with E-state index in [0.717, 1.165) is 0 Å². The minimum Gasteiger partial charge on any atom is -0.472 e. The van der Waals surface area contributed by atoms with Gasteiger partial charge in [-0.1, -0.05) is 20.4 Å². The summed E-state index contributed by atoms with van der Waals surface area (Å²) < 4.78 is 28.9. The van der Waals surface area contributed by atoms with E-state index in [1.54, 1.807) is 33.8 Å². The maximum absolute atomic E-state index is 14.9. The summed E-state index contributed by atoms with van der Waals surface area (Å²) in [6, 6.07) is 1.64. The molecule has 10 heteroatoms. The molecule has 1 aromatic rings. The predicted molar refractivity (Wildman–Crippen MR) is 133 cm³/mol. The average molecular weight is 543 g/mol. The Bertz CT molecular complexity index is 1280. The number of esters is 3. The summed E-state index contributed by atoms with van der Waals surface area (Å²) in [4.78, 5) is 66.6. The molecule has 1 aromatic heterocycles. The fourth-order valence-corrected chi connectivity index (χ4v) is 7.87. The number of hydrogen-bond acceptors (Lipinski definition) is 10. The highest BCUT2D eigenvalue weighted by Crippen LogP contribution is 2.70. The Balaban J connectivity index is 1.76. The lowest BCUT2D eigenvalue weighted by molar-refractivity contribution is -0.261. The van der Waals surface area contributed by atoms with Crippen molar-refractivity contribution in [3.63, 3.8) is 0 Å². The summed E-state index contributed by atoms with van der Waals surface area (Å²) in [6.45, 7) is 12.4. The van der Waals surface area contributed by atoms with E-state index in [1.807, 2.05) is 0 Å². The van der Waals surface area contributed by atoms with Gasteiger partial charge >= 0.3 is 17.9 Å². The van der Waals surface area contributed by atoms with E-state index in [-0.39, 0.29) is 30.8 Å². The van der Waals surface area contributed by atoms with Gasteiger partial charge in [0.15, 0.2) is 5.78 Å². The average Bonchev–Trinajstić information content (AvgIpc) is 3.44. The lowest BCUT2D eigenvalue weighted by atomic mass is 9.50. The highest BCUT2D eigenvalue weighted by atomic mass is 16.6. The van der Waals surface area contributed by atoms with Crippen molar-refractivity contribution in [3.05, 3.63) is 36.3 Å². The third-order valence-electron chi connectivity index (χ3n) is 10.1. The van der Waals surface area contributed by atoms with Crippen LogP contribution < -0.4 is 0 Å². The minimum atomic E-state index is -1.51. The van der Waals surface area contributed by atoms with Crippen molar-refractivity contribution < 1.29 is 47.3 Å². The maximum Gasteiger partial charge on any atom is 0.309 e. The molecule has 210 valence electrons. The third kappa shape index (κ3) is 3.39. The van der Waals surface area contributed by atoms with E-state index in [9.17, 15) is 24.0 Å². The van der Waals surface area contributed by atoms with Crippen LogP contribution in [0.1, 0.15) is 65.5 Å². The third-order valence-corrected chi connectivity index (χ3v) is 10.1. The molecule has 0 radical (unpaired) electrons. The minimum absolute atomic E-state index is 0.103. The quantitative estimate of drug-likeness (QED) is 0.317. The van der Waals surface area contributed by atoms with Gasteiger partial charge < -0.3 is 23.4 Å². The number of cyclic esters (lactones) is 1. The van der Waals surface area contributed by atoms with Gasteiger partial charge in [0.1, 0.15) is 23.6 Å². The number of fused-ring (bicyclic) bond motifs is 2. The Labute approximate surface area is 226 Å². The largest absolute Gasteiger partial charge is 0.472 e. The van der Waals surface area contributed by atoms with E-state index >= 15 is 0 Å². The topological polar surface area (TPSA) is 135 Å². The lowest BCUT2D eigenvalue weighted by Crippen LogP contribution is -2.67. The molecule has 5 rings (SSSR count). The molecule has 0 unspecified atom stereocenters. The second-order valence-electron chi connectivity index (χ2n) is 12.2. The molecule has 2 bridgehead atoms. The zero-order valence-corrected chi connectivity index (χ0v) is 23.0. The molecule has 0 N–H and O–H groups in total. The van der Waals surface area contributed by atoms with Crippen LogP contribution in [0.2, 0.25) is 0 Å². The standard InChI is InChI=1S/C29H34O10/c1-14-22-23(34)27(5)17(10-20(32)35-7)26(3,4)18(31)11-19(27)39-29(14)12-21(33)38-24(16-8-9-36-13-16)28(29,6)25(22)37-15(2)30/h8-9,13,17,19,22,24-25H,1,10-12H2,2-7H3/t17-,19-,22-,24+,25-,27+,28+,29-/m0/s1. The number of hydrogen-bond donors (Lipinski definition) is 0. The molecule has 39 heavy (non-hydrogen) atoms. The first-order valence-electron chi connectivity index (χ1n) is 13.1. The zero-order chi connectivity index (χ0) is 28.7. The number of methoxy groups -OCH3 is 1. The molecule has 2 aliphatic heterocycles. The van der Waals surface area contributed by atoms with Crippen LogP contribution >= 0.6 is 0 Å². The van der Waals surface area contributed by atoms with Crippen LogP contribution in [0.15, 0.2) is 35.2 Å². The second-order valence-corrected chi connectivity index (χ2v) is 12.2. The fourth-order valence-electron chi connectivity index (χ4n) is 7.87. The first-order valence-corrected chi connectivity index (χ1v) is 13.1. The normalized spacial score (nSPS) is 40.7. The Morgan fingerprint density at radius 1 is 1.15 bits per heavy atom. The molecule has 2 aliphatic carbocycles. The van der Waals surface area contributed by atoms with Crippen LogP contribution in [0, 0.1) is 28.1 Å². The number of ketones is 2. The number of furan rings is 1. The number of rotatable bonds is 4. The van der Waals surface area contributed by atoms with Gasteiger partial charge in [0.25, 0.3) is 0 Å². The van der Waals surface area contributed by atoms with Crippen LogP contribution in [0.3, 0.4) is 0 Å². The first-order chi connectivity index (χ1) is 18.2. The summed E-state index contributed by atoms with van der Waals surface area (Å²) >= 11 is 0. The van der Waals surface area contributed by atoms with Crippen molar-refractivity contribution in [3.8, 4) is 0 Å². The molecule has 0 amide bonds. The van der Waals surface area contributed by atoms with E-state index in [0.29, 0.717) is 11.1 Å². The molecule has 2 saturated carbocycles. The highest BCUT2D eigenvalue weighted by Gasteiger charge is 2.79. The van der Waals surface area contributed by atoms with Crippen LogP contribution in [0.25, 0.3) is 0 Å². The van der Waals surface area contributed by atoms with E-state index < -0.39 is 69.9 Å². The molecule has 0 aromatic carbocycles. The summed E-state index contributed by atoms with van der Waals surface area (Å²) in [5, 5.41) is 0. The van der Waals surface area contributed by atoms with Crippen LogP contribution in [0.5, 0.6) is 0 Å². The van der Waals surface area contributed by atoms with Gasteiger partial charge in [-0.25, -0.2) is 0 Å². The van der Waals surface area contributed by atoms with E-state index in [2.05, 4.69) is 6.58 Å². The van der Waals surface area contributed by atoms with Crippen LogP contribution in [-0.2, 0) is 42.9 Å². The summed E-state index contributed by atoms with van der Waals surface area (Å²) in [6.07, 6.45) is -0.814. The number of Topliss-reactive ketones (excluding diaryl/α,β-unsaturated/α-hetero) is 2. The molecule has 4 fully saturated rings. The highest BCUT2D eigenvalue weighted by molar-refractivity contribution is 5.98. The Hall–Kier alpha value is -3.27. The molecule has 4 aliphatic rings. The van der Waals surface area contributed by atoms with Crippen molar-refractivity contribution in [1.29, 1.82) is 0 Å². The fraction of sp³-hybridized carbons (Fsp3) is 0.621. The Morgan fingerprint density at radius 2 is 1.85 bits per heavy atom. The molecule has 1 spiro atoms. The number of carbonyl (C=O) groups is 5. The number of carbonyl (C=O) groups excluding carboxylic acids is 5. The SMILES string of the molecule is C=C1[C@H]2C(=O)[C@@]3(C)[C@H](CC(=O)C(C)(C)[C@@H]3CC(=O)OC)O[C@@]13CC(=O)O[C@H](c1ccoc1)[C@]3(C)[C@H]2OC(C)=O. The van der Waals surface area contributed by atoms with Crippen molar-refractivity contribution in [2.45, 2.75) is 77.8 Å². The summed E-state index contributed by atoms with van der Waals surface area (Å²) in [7, 11) is 1.25.